The van der Waals surface area contributed by atoms with Crippen molar-refractivity contribution in [2.24, 2.45) is 5.92 Å². The van der Waals surface area contributed by atoms with Crippen molar-refractivity contribution in [1.82, 2.24) is 4.90 Å². The second-order valence-corrected chi connectivity index (χ2v) is 6.01. The van der Waals surface area contributed by atoms with Crippen LogP contribution in [-0.2, 0) is 4.74 Å². The monoisotopic (exact) mass is 290 g/mol. The molecule has 1 aromatic rings. The Morgan fingerprint density at radius 2 is 1.76 bits per heavy atom. The summed E-state index contributed by atoms with van der Waals surface area (Å²) in [5, 5.41) is 0. The van der Waals surface area contributed by atoms with E-state index in [1.54, 1.807) is 0 Å². The number of anilines is 1. The fourth-order valence-corrected chi connectivity index (χ4v) is 2.64. The molecule has 116 valence electrons. The molecule has 0 atom stereocenters. The second-order valence-electron chi connectivity index (χ2n) is 6.01. The van der Waals surface area contributed by atoms with Crippen molar-refractivity contribution in [2.45, 2.75) is 19.3 Å². The Bertz CT molecular complexity index is 450. The summed E-state index contributed by atoms with van der Waals surface area (Å²) in [7, 11) is 5.88. The van der Waals surface area contributed by atoms with E-state index in [-0.39, 0.29) is 5.91 Å². The van der Waals surface area contributed by atoms with Crippen LogP contribution in [0.2, 0.25) is 0 Å². The molecular formula is C17H26N2O2. The molecule has 0 N–H and O–H groups in total. The lowest BCUT2D eigenvalue weighted by Crippen LogP contribution is -2.30. The summed E-state index contributed by atoms with van der Waals surface area (Å²) in [6, 6.07) is 7.78. The highest BCUT2D eigenvalue weighted by Gasteiger charge is 2.17. The van der Waals surface area contributed by atoms with Gasteiger partial charge in [-0.05, 0) is 49.4 Å². The summed E-state index contributed by atoms with van der Waals surface area (Å²) >= 11 is 0. The van der Waals surface area contributed by atoms with Crippen LogP contribution in [0.5, 0.6) is 0 Å². The highest BCUT2D eigenvalue weighted by atomic mass is 16.5. The lowest BCUT2D eigenvalue weighted by molar-refractivity contribution is 0.0583. The Hall–Kier alpha value is -1.55. The Balaban J connectivity index is 1.86. The van der Waals surface area contributed by atoms with Gasteiger partial charge in [0.1, 0.15) is 0 Å². The van der Waals surface area contributed by atoms with Crippen LogP contribution < -0.4 is 4.90 Å². The van der Waals surface area contributed by atoms with Crippen LogP contribution in [0, 0.1) is 5.92 Å². The molecule has 0 spiro atoms. The van der Waals surface area contributed by atoms with E-state index < -0.39 is 0 Å². The van der Waals surface area contributed by atoms with Crippen molar-refractivity contribution in [2.75, 3.05) is 45.8 Å². The molecule has 0 radical (unpaired) electrons. The topological polar surface area (TPSA) is 32.8 Å². The highest BCUT2D eigenvalue weighted by molar-refractivity contribution is 5.94. The first-order valence-electron chi connectivity index (χ1n) is 7.68. The molecule has 2 rings (SSSR count). The van der Waals surface area contributed by atoms with E-state index in [1.165, 1.54) is 0 Å². The number of rotatable bonds is 5. The minimum atomic E-state index is 0.104. The maximum atomic E-state index is 12.4. The molecule has 1 aromatic carbocycles. The predicted molar refractivity (Wildman–Crippen MR) is 85.9 cm³/mol. The standard InChI is InChI=1S/C17H26N2O2/c1-18(2)16-6-4-15(5-7-16)17(20)19(3)11-8-14-9-12-21-13-10-14/h4-7,14H,8-13H2,1-3H3. The van der Waals surface area contributed by atoms with Gasteiger partial charge in [-0.1, -0.05) is 0 Å². The van der Waals surface area contributed by atoms with Crippen LogP contribution in [0.3, 0.4) is 0 Å². The third kappa shape index (κ3) is 4.46. The lowest BCUT2D eigenvalue weighted by atomic mass is 9.96. The van der Waals surface area contributed by atoms with Crippen molar-refractivity contribution in [3.8, 4) is 0 Å². The molecule has 1 aliphatic rings. The van der Waals surface area contributed by atoms with E-state index in [2.05, 4.69) is 0 Å². The van der Waals surface area contributed by atoms with Crippen LogP contribution in [0.1, 0.15) is 29.6 Å². The van der Waals surface area contributed by atoms with E-state index in [0.29, 0.717) is 5.92 Å². The summed E-state index contributed by atoms with van der Waals surface area (Å²) in [5.74, 6) is 0.803. The molecule has 4 nitrogen and oxygen atoms in total. The average molecular weight is 290 g/mol. The minimum absolute atomic E-state index is 0.104. The van der Waals surface area contributed by atoms with Crippen molar-refractivity contribution in [1.29, 1.82) is 0 Å². The van der Waals surface area contributed by atoms with Crippen LogP contribution in [0.4, 0.5) is 5.69 Å². The summed E-state index contributed by atoms with van der Waals surface area (Å²) < 4.78 is 5.37. The highest BCUT2D eigenvalue weighted by Crippen LogP contribution is 2.19. The Morgan fingerprint density at radius 3 is 2.33 bits per heavy atom. The largest absolute Gasteiger partial charge is 0.381 e. The van der Waals surface area contributed by atoms with Gasteiger partial charge in [0, 0.05) is 52.2 Å². The second kappa shape index (κ2) is 7.46. The molecule has 0 aromatic heterocycles. The van der Waals surface area contributed by atoms with Gasteiger partial charge in [-0.25, -0.2) is 0 Å². The number of carbonyl (C=O) groups excluding carboxylic acids is 1. The molecule has 0 saturated carbocycles. The van der Waals surface area contributed by atoms with Gasteiger partial charge in [-0.2, -0.15) is 0 Å². The Morgan fingerprint density at radius 1 is 1.14 bits per heavy atom. The summed E-state index contributed by atoms with van der Waals surface area (Å²) in [6.45, 7) is 2.56. The smallest absolute Gasteiger partial charge is 0.253 e. The molecule has 1 amide bonds. The minimum Gasteiger partial charge on any atom is -0.381 e. The molecule has 0 unspecified atom stereocenters. The van der Waals surface area contributed by atoms with Crippen LogP contribution in [-0.4, -0.2) is 51.7 Å². The number of nitrogens with zero attached hydrogens (tertiary/aromatic N) is 2. The molecule has 0 aliphatic carbocycles. The number of amides is 1. The van der Waals surface area contributed by atoms with Crippen LogP contribution in [0.25, 0.3) is 0 Å². The number of benzene rings is 1. The Labute approximate surface area is 127 Å². The van der Waals surface area contributed by atoms with E-state index >= 15 is 0 Å². The fourth-order valence-electron chi connectivity index (χ4n) is 2.64. The normalized spacial score (nSPS) is 15.8. The first-order valence-corrected chi connectivity index (χ1v) is 7.68. The van der Waals surface area contributed by atoms with Gasteiger partial charge in [-0.15, -0.1) is 0 Å². The van der Waals surface area contributed by atoms with E-state index in [0.717, 1.165) is 50.3 Å². The summed E-state index contributed by atoms with van der Waals surface area (Å²) in [5.41, 5.74) is 1.87. The average Bonchev–Trinajstić information content (AvgIpc) is 2.53. The van der Waals surface area contributed by atoms with Crippen molar-refractivity contribution < 1.29 is 9.53 Å². The van der Waals surface area contributed by atoms with Gasteiger partial charge in [0.25, 0.3) is 5.91 Å². The van der Waals surface area contributed by atoms with Gasteiger partial charge >= 0.3 is 0 Å². The van der Waals surface area contributed by atoms with E-state index in [9.17, 15) is 4.79 Å². The zero-order chi connectivity index (χ0) is 15.2. The molecule has 4 heteroatoms. The molecule has 21 heavy (non-hydrogen) atoms. The van der Waals surface area contributed by atoms with Gasteiger partial charge in [0.05, 0.1) is 0 Å². The quantitative estimate of drug-likeness (QED) is 0.836. The number of carbonyl (C=O) groups is 1. The van der Waals surface area contributed by atoms with Gasteiger partial charge in [-0.3, -0.25) is 4.79 Å². The molecule has 1 fully saturated rings. The third-order valence-electron chi connectivity index (χ3n) is 4.19. The van der Waals surface area contributed by atoms with Gasteiger partial charge in [0.15, 0.2) is 0 Å². The SMILES string of the molecule is CN(CCC1CCOCC1)C(=O)c1ccc(N(C)C)cc1. The number of hydrogen-bond acceptors (Lipinski definition) is 3. The predicted octanol–water partition coefficient (Wildman–Crippen LogP) is 2.64. The number of ether oxygens (including phenoxy) is 1. The van der Waals surface area contributed by atoms with Crippen molar-refractivity contribution in [3.63, 3.8) is 0 Å². The molecule has 1 saturated heterocycles. The van der Waals surface area contributed by atoms with E-state index in [4.69, 9.17) is 4.74 Å². The first kappa shape index (κ1) is 15.8. The Kier molecular flexibility index (Phi) is 5.62. The molecule has 0 bridgehead atoms. The zero-order valence-corrected chi connectivity index (χ0v) is 13.3. The molecular weight excluding hydrogens is 264 g/mol. The van der Waals surface area contributed by atoms with Crippen molar-refractivity contribution in [3.05, 3.63) is 29.8 Å². The van der Waals surface area contributed by atoms with Crippen LogP contribution >= 0.6 is 0 Å². The number of hydrogen-bond donors (Lipinski definition) is 0. The maximum Gasteiger partial charge on any atom is 0.253 e. The van der Waals surface area contributed by atoms with Gasteiger partial charge in [0.2, 0.25) is 0 Å². The first-order chi connectivity index (χ1) is 10.1. The third-order valence-corrected chi connectivity index (χ3v) is 4.19. The lowest BCUT2D eigenvalue weighted by Gasteiger charge is -2.25. The maximum absolute atomic E-state index is 12.4. The zero-order valence-electron chi connectivity index (χ0n) is 13.3. The van der Waals surface area contributed by atoms with Crippen LogP contribution in [0.15, 0.2) is 24.3 Å². The summed E-state index contributed by atoms with van der Waals surface area (Å²) in [6.07, 6.45) is 3.32. The molecule has 1 aliphatic heterocycles. The van der Waals surface area contributed by atoms with E-state index in [1.807, 2.05) is 55.2 Å². The fraction of sp³-hybridized carbons (Fsp3) is 0.588. The van der Waals surface area contributed by atoms with Gasteiger partial charge < -0.3 is 14.5 Å². The molecule has 1 heterocycles. The summed E-state index contributed by atoms with van der Waals surface area (Å²) in [4.78, 5) is 16.3. The van der Waals surface area contributed by atoms with Crippen molar-refractivity contribution >= 4 is 11.6 Å².